The van der Waals surface area contributed by atoms with Gasteiger partial charge in [0.1, 0.15) is 11.8 Å². The lowest BCUT2D eigenvalue weighted by atomic mass is 9.91. The van der Waals surface area contributed by atoms with E-state index in [9.17, 15) is 5.26 Å². The molecule has 0 amide bonds. The molecule has 146 valence electrons. The summed E-state index contributed by atoms with van der Waals surface area (Å²) >= 11 is 6.31. The van der Waals surface area contributed by atoms with Crippen LogP contribution in [-0.2, 0) is 0 Å². The molecule has 4 rings (SSSR count). The van der Waals surface area contributed by atoms with Crippen LogP contribution in [0.1, 0.15) is 22.4 Å². The van der Waals surface area contributed by atoms with Gasteiger partial charge in [-0.2, -0.15) is 15.0 Å². The summed E-state index contributed by atoms with van der Waals surface area (Å²) in [5.74, 6) is 1.22. The first-order valence-corrected chi connectivity index (χ1v) is 9.40. The zero-order valence-corrected chi connectivity index (χ0v) is 17.0. The van der Waals surface area contributed by atoms with Gasteiger partial charge in [0.05, 0.1) is 29.6 Å². The normalized spacial score (nSPS) is 15.5. The summed E-state index contributed by atoms with van der Waals surface area (Å²) < 4.78 is 12.9. The highest BCUT2D eigenvalue weighted by Crippen LogP contribution is 2.42. The van der Waals surface area contributed by atoms with Crippen molar-refractivity contribution < 1.29 is 9.47 Å². The first kappa shape index (κ1) is 19.1. The Morgan fingerprint density at radius 1 is 1.21 bits per heavy atom. The third-order valence-electron chi connectivity index (χ3n) is 5.03. The summed E-state index contributed by atoms with van der Waals surface area (Å²) in [7, 11) is 1.61. The SMILES string of the molecule is COc1ccc(C2=C(C#N)C(N)Oc3c2c(C)nn3-c2cccc(Cl)c2C)cc1. The fraction of sp³-hybridized carbons (Fsp3) is 0.182. The van der Waals surface area contributed by atoms with E-state index < -0.39 is 6.23 Å². The van der Waals surface area contributed by atoms with Crippen molar-refractivity contribution in [2.24, 2.45) is 5.73 Å². The van der Waals surface area contributed by atoms with E-state index in [1.165, 1.54) is 0 Å². The van der Waals surface area contributed by atoms with Crippen molar-refractivity contribution >= 4 is 17.2 Å². The Balaban J connectivity index is 1.98. The Hall–Kier alpha value is -3.27. The minimum atomic E-state index is -0.904. The fourth-order valence-electron chi connectivity index (χ4n) is 3.52. The highest BCUT2D eigenvalue weighted by atomic mass is 35.5. The number of nitrogens with two attached hydrogens (primary N) is 1. The highest BCUT2D eigenvalue weighted by molar-refractivity contribution is 6.31. The molecule has 1 aliphatic heterocycles. The van der Waals surface area contributed by atoms with Crippen molar-refractivity contribution in [3.05, 3.63) is 75.4 Å². The molecule has 2 aromatic carbocycles. The van der Waals surface area contributed by atoms with Gasteiger partial charge in [-0.25, -0.2) is 0 Å². The summed E-state index contributed by atoms with van der Waals surface area (Å²) in [6.45, 7) is 3.80. The Morgan fingerprint density at radius 2 is 1.93 bits per heavy atom. The van der Waals surface area contributed by atoms with Gasteiger partial charge in [0.15, 0.2) is 6.23 Å². The number of nitriles is 1. The van der Waals surface area contributed by atoms with Crippen LogP contribution in [-0.4, -0.2) is 23.1 Å². The molecular weight excluding hydrogens is 388 g/mol. The van der Waals surface area contributed by atoms with E-state index in [0.29, 0.717) is 22.0 Å². The van der Waals surface area contributed by atoms with Crippen molar-refractivity contribution in [3.63, 3.8) is 0 Å². The Morgan fingerprint density at radius 3 is 2.59 bits per heavy atom. The molecule has 2 N–H and O–H groups in total. The molecule has 2 heterocycles. The molecule has 3 aromatic rings. The van der Waals surface area contributed by atoms with Gasteiger partial charge in [-0.1, -0.05) is 29.8 Å². The molecule has 6 nitrogen and oxygen atoms in total. The van der Waals surface area contributed by atoms with E-state index in [-0.39, 0.29) is 0 Å². The van der Waals surface area contributed by atoms with Gasteiger partial charge in [-0.05, 0) is 49.2 Å². The molecule has 1 unspecified atom stereocenters. The van der Waals surface area contributed by atoms with Crippen molar-refractivity contribution in [2.45, 2.75) is 20.1 Å². The summed E-state index contributed by atoms with van der Waals surface area (Å²) in [6.07, 6.45) is -0.904. The molecule has 29 heavy (non-hydrogen) atoms. The van der Waals surface area contributed by atoms with Crippen LogP contribution in [0.5, 0.6) is 11.6 Å². The minimum Gasteiger partial charge on any atom is -0.497 e. The van der Waals surface area contributed by atoms with Gasteiger partial charge >= 0.3 is 0 Å². The van der Waals surface area contributed by atoms with E-state index in [4.69, 9.17) is 26.8 Å². The Bertz CT molecular complexity index is 1170. The molecule has 0 aliphatic carbocycles. The standard InChI is InChI=1S/C22H19ClN4O2/c1-12-17(23)5-4-6-18(12)27-22-19(13(2)26-27)20(16(11-24)21(25)29-22)14-7-9-15(28-3)10-8-14/h4-10,21H,25H2,1-3H3. The van der Waals surface area contributed by atoms with Crippen LogP contribution in [0.4, 0.5) is 0 Å². The third-order valence-corrected chi connectivity index (χ3v) is 5.44. The van der Waals surface area contributed by atoms with Gasteiger partial charge in [-0.15, -0.1) is 0 Å². The smallest absolute Gasteiger partial charge is 0.226 e. The second-order valence-electron chi connectivity index (χ2n) is 6.73. The number of aryl methyl sites for hydroxylation is 1. The molecule has 0 fully saturated rings. The third kappa shape index (κ3) is 3.05. The second-order valence-corrected chi connectivity index (χ2v) is 7.14. The number of rotatable bonds is 3. The summed E-state index contributed by atoms with van der Waals surface area (Å²) in [4.78, 5) is 0. The number of benzene rings is 2. The summed E-state index contributed by atoms with van der Waals surface area (Å²) in [5, 5.41) is 15.1. The number of nitrogens with zero attached hydrogens (tertiary/aromatic N) is 3. The predicted octanol–water partition coefficient (Wildman–Crippen LogP) is 4.15. The lowest BCUT2D eigenvalue weighted by Crippen LogP contribution is -2.33. The topological polar surface area (TPSA) is 86.1 Å². The van der Waals surface area contributed by atoms with Crippen LogP contribution in [0, 0.1) is 25.2 Å². The maximum atomic E-state index is 9.78. The number of hydrogen-bond acceptors (Lipinski definition) is 5. The van der Waals surface area contributed by atoms with Crippen LogP contribution >= 0.6 is 11.6 Å². The average Bonchev–Trinajstić information content (AvgIpc) is 3.05. The molecule has 1 aromatic heterocycles. The average molecular weight is 407 g/mol. The maximum Gasteiger partial charge on any atom is 0.226 e. The van der Waals surface area contributed by atoms with Gasteiger partial charge in [0, 0.05) is 10.6 Å². The van der Waals surface area contributed by atoms with Gasteiger partial charge in [0.2, 0.25) is 5.88 Å². The fourth-order valence-corrected chi connectivity index (χ4v) is 3.69. The van der Waals surface area contributed by atoms with Crippen LogP contribution in [0.3, 0.4) is 0 Å². The number of fused-ring (bicyclic) bond motifs is 1. The van der Waals surface area contributed by atoms with E-state index in [1.54, 1.807) is 11.8 Å². The number of halogens is 1. The summed E-state index contributed by atoms with van der Waals surface area (Å²) in [5.41, 5.74) is 11.3. The lowest BCUT2D eigenvalue weighted by Gasteiger charge is -2.25. The van der Waals surface area contributed by atoms with Gasteiger partial charge in [0.25, 0.3) is 0 Å². The molecule has 0 saturated heterocycles. The molecule has 7 heteroatoms. The van der Waals surface area contributed by atoms with Crippen molar-refractivity contribution in [1.29, 1.82) is 5.26 Å². The molecule has 0 bridgehead atoms. The monoisotopic (exact) mass is 406 g/mol. The Kier molecular flexibility index (Phi) is 4.79. The van der Waals surface area contributed by atoms with E-state index in [1.807, 2.05) is 56.3 Å². The zero-order chi connectivity index (χ0) is 20.7. The second kappa shape index (κ2) is 7.28. The van der Waals surface area contributed by atoms with Crippen molar-refractivity contribution in [3.8, 4) is 23.4 Å². The number of hydrogen-bond donors (Lipinski definition) is 1. The minimum absolute atomic E-state index is 0.355. The van der Waals surface area contributed by atoms with Crippen molar-refractivity contribution in [1.82, 2.24) is 9.78 Å². The molecule has 1 atom stereocenters. The first-order valence-electron chi connectivity index (χ1n) is 9.02. The Labute approximate surface area is 173 Å². The molecule has 0 radical (unpaired) electrons. The van der Waals surface area contributed by atoms with Crippen LogP contribution < -0.4 is 15.2 Å². The highest BCUT2D eigenvalue weighted by Gasteiger charge is 2.33. The van der Waals surface area contributed by atoms with Gasteiger partial charge < -0.3 is 9.47 Å². The van der Waals surface area contributed by atoms with Crippen molar-refractivity contribution in [2.75, 3.05) is 7.11 Å². The predicted molar refractivity (Wildman–Crippen MR) is 111 cm³/mol. The first-order chi connectivity index (χ1) is 14.0. The lowest BCUT2D eigenvalue weighted by molar-refractivity contribution is 0.228. The molecular formula is C22H19ClN4O2. The molecule has 0 saturated carbocycles. The van der Waals surface area contributed by atoms with Crippen LogP contribution in [0.25, 0.3) is 11.3 Å². The van der Waals surface area contributed by atoms with E-state index >= 15 is 0 Å². The van der Waals surface area contributed by atoms with Crippen LogP contribution in [0.2, 0.25) is 5.02 Å². The molecule has 1 aliphatic rings. The number of aromatic nitrogens is 2. The number of methoxy groups -OCH3 is 1. The van der Waals surface area contributed by atoms with Gasteiger partial charge in [-0.3, -0.25) is 5.73 Å². The maximum absolute atomic E-state index is 9.78. The largest absolute Gasteiger partial charge is 0.497 e. The zero-order valence-electron chi connectivity index (χ0n) is 16.2. The molecule has 0 spiro atoms. The number of ether oxygens (including phenoxy) is 2. The quantitative estimate of drug-likeness (QED) is 0.706. The van der Waals surface area contributed by atoms with E-state index in [0.717, 1.165) is 33.8 Å². The van der Waals surface area contributed by atoms with Crippen LogP contribution in [0.15, 0.2) is 48.0 Å². The summed E-state index contributed by atoms with van der Waals surface area (Å²) in [6, 6.07) is 15.3. The van der Waals surface area contributed by atoms with E-state index in [2.05, 4.69) is 11.2 Å².